The van der Waals surface area contributed by atoms with E-state index in [-0.39, 0.29) is 19.0 Å². The number of aliphatic hydroxyl groups excluding tert-OH is 2. The average Bonchev–Trinajstić information content (AvgIpc) is 3.07. The minimum absolute atomic E-state index is 0.0858. The molecule has 18 nitrogen and oxygen atoms in total. The molecule has 1 aromatic rings. The minimum atomic E-state index is -4.70. The van der Waals surface area contributed by atoms with Crippen LogP contribution in [0.15, 0.2) is 17.1 Å². The first kappa shape index (κ1) is 30.1. The Labute approximate surface area is 215 Å². The Morgan fingerprint density at radius 2 is 2.03 bits per heavy atom. The van der Waals surface area contributed by atoms with E-state index in [4.69, 9.17) is 15.0 Å². The van der Waals surface area contributed by atoms with E-state index in [1.165, 1.54) is 12.3 Å². The summed E-state index contributed by atoms with van der Waals surface area (Å²) < 4.78 is 57.8. The highest BCUT2D eigenvalue weighted by Gasteiger charge is 2.47. The van der Waals surface area contributed by atoms with Crippen LogP contribution in [0, 0.1) is 5.41 Å². The molecular formula is C18H28N5O13PS. The molecule has 3 heterocycles. The van der Waals surface area contributed by atoms with E-state index in [0.717, 1.165) is 4.57 Å². The van der Waals surface area contributed by atoms with Gasteiger partial charge in [-0.25, -0.2) is 14.1 Å². The zero-order valence-corrected chi connectivity index (χ0v) is 21.8. The second-order valence-corrected chi connectivity index (χ2v) is 11.9. The number of hydrogen-bond acceptors (Lipinski definition) is 14. The molecule has 0 aliphatic carbocycles. The van der Waals surface area contributed by atoms with Gasteiger partial charge in [0.25, 0.3) is 0 Å². The molecule has 1 aromatic heterocycles. The number of aromatic nitrogens is 2. The minimum Gasteiger partial charge on any atom is -0.387 e. The maximum atomic E-state index is 12.4. The van der Waals surface area contributed by atoms with Gasteiger partial charge in [0.05, 0.1) is 13.2 Å². The number of carbonyl (C=O) groups is 2. The van der Waals surface area contributed by atoms with Gasteiger partial charge in [-0.3, -0.25) is 27.4 Å². The van der Waals surface area contributed by atoms with Crippen molar-refractivity contribution < 1.29 is 55.6 Å². The molecule has 2 aliphatic heterocycles. The number of nitrogens with two attached hydrogens (primary N) is 1. The predicted molar refractivity (Wildman–Crippen MR) is 124 cm³/mol. The zero-order valence-electron chi connectivity index (χ0n) is 20.1. The van der Waals surface area contributed by atoms with Crippen molar-refractivity contribution in [2.75, 3.05) is 25.5 Å². The SMILES string of the molecule is CC1(C)COP(=O)(O)O[C@H]1C(=O)NCCC(=O)NS(=O)(=O)OC[C@H]1O[C@@H](n2ccc(N)nc2=O)[C@H](O)[C@@H]1O. The molecule has 20 heteroatoms. The summed E-state index contributed by atoms with van der Waals surface area (Å²) in [5.74, 6) is -1.97. The molecule has 2 aliphatic rings. The third kappa shape index (κ3) is 7.33. The van der Waals surface area contributed by atoms with Gasteiger partial charge in [-0.1, -0.05) is 13.8 Å². The molecule has 3 rings (SSSR count). The molecule has 0 spiro atoms. The van der Waals surface area contributed by atoms with Crippen molar-refractivity contribution in [3.8, 4) is 0 Å². The summed E-state index contributed by atoms with van der Waals surface area (Å²) in [4.78, 5) is 49.3. The summed E-state index contributed by atoms with van der Waals surface area (Å²) in [6.07, 6.45) is -6.83. The topological polar surface area (TPSA) is 268 Å². The molecule has 2 amide bonds. The number of amides is 2. The number of phosphoric ester groups is 1. The van der Waals surface area contributed by atoms with E-state index in [9.17, 15) is 42.5 Å². The first-order chi connectivity index (χ1) is 17.5. The Hall–Kier alpha value is -2.48. The normalized spacial score (nSPS) is 31.0. The van der Waals surface area contributed by atoms with Crippen LogP contribution in [0.3, 0.4) is 0 Å². The predicted octanol–water partition coefficient (Wildman–Crippen LogP) is -3.13. The number of hydrogen-bond donors (Lipinski definition) is 6. The molecule has 0 saturated carbocycles. The van der Waals surface area contributed by atoms with Gasteiger partial charge in [0.1, 0.15) is 24.1 Å². The fraction of sp³-hybridized carbons (Fsp3) is 0.667. The van der Waals surface area contributed by atoms with Gasteiger partial charge in [0, 0.05) is 24.6 Å². The summed E-state index contributed by atoms with van der Waals surface area (Å²) in [6.45, 7) is 1.70. The van der Waals surface area contributed by atoms with E-state index in [0.29, 0.717) is 0 Å². The van der Waals surface area contributed by atoms with Crippen LogP contribution in [0.2, 0.25) is 0 Å². The van der Waals surface area contributed by atoms with Crippen LogP contribution >= 0.6 is 7.82 Å². The second kappa shape index (κ2) is 11.3. The van der Waals surface area contributed by atoms with Crippen LogP contribution in [0.25, 0.3) is 0 Å². The number of nitrogen functional groups attached to an aromatic ring is 1. The third-order valence-corrected chi connectivity index (χ3v) is 7.38. The summed E-state index contributed by atoms with van der Waals surface area (Å²) in [5, 5.41) is 22.7. The van der Waals surface area contributed by atoms with Crippen molar-refractivity contribution in [3.05, 3.63) is 22.7 Å². The van der Waals surface area contributed by atoms with Gasteiger partial charge in [-0.05, 0) is 6.07 Å². The van der Waals surface area contributed by atoms with Crippen molar-refractivity contribution in [3.63, 3.8) is 0 Å². The first-order valence-corrected chi connectivity index (χ1v) is 13.9. The summed E-state index contributed by atoms with van der Waals surface area (Å²) in [7, 11) is -9.12. The number of nitrogens with zero attached hydrogens (tertiary/aromatic N) is 2. The van der Waals surface area contributed by atoms with Gasteiger partial charge >= 0.3 is 23.8 Å². The molecule has 1 unspecified atom stereocenters. The molecular weight excluding hydrogens is 557 g/mol. The number of ether oxygens (including phenoxy) is 1. The molecule has 0 aromatic carbocycles. The number of phosphoric acid groups is 1. The molecule has 214 valence electrons. The highest BCUT2D eigenvalue weighted by molar-refractivity contribution is 7.85. The molecule has 2 saturated heterocycles. The van der Waals surface area contributed by atoms with Gasteiger partial charge < -0.3 is 30.9 Å². The highest BCUT2D eigenvalue weighted by atomic mass is 32.2. The van der Waals surface area contributed by atoms with Crippen molar-refractivity contribution >= 4 is 35.8 Å². The van der Waals surface area contributed by atoms with Crippen molar-refractivity contribution in [2.45, 2.75) is 50.9 Å². The van der Waals surface area contributed by atoms with E-state index >= 15 is 0 Å². The van der Waals surface area contributed by atoms with Crippen LogP contribution in [0.1, 0.15) is 26.5 Å². The number of aliphatic hydroxyl groups is 2. The second-order valence-electron chi connectivity index (χ2n) is 9.11. The van der Waals surface area contributed by atoms with Crippen LogP contribution in [0.5, 0.6) is 0 Å². The van der Waals surface area contributed by atoms with Crippen LogP contribution in [-0.4, -0.2) is 89.1 Å². The summed E-state index contributed by atoms with van der Waals surface area (Å²) in [5.41, 5.74) is 3.56. The average molecular weight is 585 g/mol. The Kier molecular flexibility index (Phi) is 8.96. The molecule has 0 bridgehead atoms. The first-order valence-electron chi connectivity index (χ1n) is 11.0. The lowest BCUT2D eigenvalue weighted by Crippen LogP contribution is -2.50. The van der Waals surface area contributed by atoms with Gasteiger partial charge in [-0.2, -0.15) is 13.4 Å². The van der Waals surface area contributed by atoms with Crippen LogP contribution in [0.4, 0.5) is 5.82 Å². The lowest BCUT2D eigenvalue weighted by Gasteiger charge is -2.38. The maximum Gasteiger partial charge on any atom is 0.472 e. The number of anilines is 1. The Bertz CT molecular complexity index is 1270. The fourth-order valence-corrected chi connectivity index (χ4v) is 5.47. The maximum absolute atomic E-state index is 12.4. The number of rotatable bonds is 9. The van der Waals surface area contributed by atoms with Crippen LogP contribution < -0.4 is 21.5 Å². The Balaban J connectivity index is 1.47. The van der Waals surface area contributed by atoms with Gasteiger partial charge in [0.2, 0.25) is 11.8 Å². The molecule has 6 atom stereocenters. The van der Waals surface area contributed by atoms with Gasteiger partial charge in [-0.15, -0.1) is 0 Å². The largest absolute Gasteiger partial charge is 0.472 e. The Morgan fingerprint density at radius 3 is 2.68 bits per heavy atom. The fourth-order valence-electron chi connectivity index (χ4n) is 3.52. The quantitative estimate of drug-likeness (QED) is 0.156. The summed E-state index contributed by atoms with van der Waals surface area (Å²) >= 11 is 0. The van der Waals surface area contributed by atoms with Crippen molar-refractivity contribution in [1.29, 1.82) is 0 Å². The van der Waals surface area contributed by atoms with Crippen molar-refractivity contribution in [1.82, 2.24) is 19.6 Å². The summed E-state index contributed by atoms with van der Waals surface area (Å²) in [6, 6.07) is 1.25. The van der Waals surface area contributed by atoms with Crippen LogP contribution in [-0.2, 0) is 42.4 Å². The van der Waals surface area contributed by atoms with Crippen molar-refractivity contribution in [2.24, 2.45) is 5.41 Å². The lowest BCUT2D eigenvalue weighted by molar-refractivity contribution is -0.140. The number of carbonyl (C=O) groups excluding carboxylic acids is 2. The van der Waals surface area contributed by atoms with E-state index in [1.54, 1.807) is 18.6 Å². The van der Waals surface area contributed by atoms with E-state index in [1.807, 2.05) is 0 Å². The standard InChI is InChI=1S/C18H28N5O13PS/c1-18(2)8-33-37(29,30)36-14(18)15(27)20-5-3-11(24)22-38(31,32)34-7-9-12(25)13(26)16(35-9)23-6-4-10(19)21-17(23)28/h4,6,9,12-14,16,25-26H,3,5,7-8H2,1-2H3,(H,20,27)(H,22,24)(H,29,30)(H2,19,21,28)/t9-,12-,13-,14+,16-/m1/s1. The number of nitrogens with one attached hydrogen (secondary N) is 2. The Morgan fingerprint density at radius 1 is 1.34 bits per heavy atom. The molecule has 38 heavy (non-hydrogen) atoms. The lowest BCUT2D eigenvalue weighted by atomic mass is 9.87. The monoisotopic (exact) mass is 585 g/mol. The van der Waals surface area contributed by atoms with E-state index < -0.39 is 84.7 Å². The van der Waals surface area contributed by atoms with Gasteiger partial charge in [0.15, 0.2) is 12.3 Å². The smallest absolute Gasteiger partial charge is 0.387 e. The molecule has 2 fully saturated rings. The van der Waals surface area contributed by atoms with E-state index in [2.05, 4.69) is 19.0 Å². The third-order valence-electron chi connectivity index (χ3n) is 5.53. The molecule has 0 radical (unpaired) electrons. The molecule has 7 N–H and O–H groups in total. The zero-order chi connectivity index (χ0) is 28.5. The highest BCUT2D eigenvalue weighted by Crippen LogP contribution is 2.52.